The van der Waals surface area contributed by atoms with Gasteiger partial charge in [-0.2, -0.15) is 0 Å². The van der Waals surface area contributed by atoms with Gasteiger partial charge in [-0.3, -0.25) is 4.79 Å². The van der Waals surface area contributed by atoms with Crippen LogP contribution in [0.1, 0.15) is 21.5 Å². The first-order valence-corrected chi connectivity index (χ1v) is 6.19. The predicted octanol–water partition coefficient (Wildman–Crippen LogP) is 2.83. The van der Waals surface area contributed by atoms with Crippen LogP contribution in [-0.4, -0.2) is 20.0 Å². The number of methoxy groups -OCH3 is 2. The Bertz CT molecular complexity index is 595. The minimum atomic E-state index is -0.172. The average Bonchev–Trinajstić information content (AvgIpc) is 2.46. The Kier molecular flexibility index (Phi) is 3.94. The summed E-state index contributed by atoms with van der Waals surface area (Å²) >= 11 is 0. The molecule has 0 radical (unpaired) electrons. The summed E-state index contributed by atoms with van der Waals surface area (Å²) in [6, 6.07) is 10.5. The molecule has 0 aliphatic rings. The molecule has 0 saturated heterocycles. The zero-order chi connectivity index (χ0) is 14.7. The van der Waals surface area contributed by atoms with Crippen molar-refractivity contribution in [2.75, 3.05) is 20.0 Å². The number of carbonyl (C=O) groups excluding carboxylic acids is 1. The molecule has 4 heteroatoms. The van der Waals surface area contributed by atoms with Crippen molar-refractivity contribution >= 4 is 11.5 Å². The van der Waals surface area contributed by atoms with E-state index in [1.807, 2.05) is 13.0 Å². The van der Waals surface area contributed by atoms with Gasteiger partial charge in [-0.1, -0.05) is 11.6 Å². The Labute approximate surface area is 118 Å². The second kappa shape index (κ2) is 5.65. The Morgan fingerprint density at radius 1 is 0.950 bits per heavy atom. The van der Waals surface area contributed by atoms with Crippen LogP contribution in [0.5, 0.6) is 11.5 Å². The minimum absolute atomic E-state index is 0.172. The van der Waals surface area contributed by atoms with Gasteiger partial charge in [0, 0.05) is 5.69 Å². The van der Waals surface area contributed by atoms with E-state index in [0.717, 1.165) is 5.56 Å². The van der Waals surface area contributed by atoms with Crippen molar-refractivity contribution in [2.45, 2.75) is 6.92 Å². The van der Waals surface area contributed by atoms with E-state index in [1.165, 1.54) is 14.2 Å². The molecule has 0 amide bonds. The summed E-state index contributed by atoms with van der Waals surface area (Å²) in [4.78, 5) is 12.7. The summed E-state index contributed by atoms with van der Waals surface area (Å²) in [5.74, 6) is 0.854. The van der Waals surface area contributed by atoms with E-state index in [4.69, 9.17) is 15.2 Å². The molecule has 0 heterocycles. The Balaban J connectivity index is 2.56. The highest BCUT2D eigenvalue weighted by molar-refractivity contribution is 6.12. The number of anilines is 1. The molecule has 0 bridgehead atoms. The van der Waals surface area contributed by atoms with Crippen molar-refractivity contribution in [3.63, 3.8) is 0 Å². The second-order valence-corrected chi connectivity index (χ2v) is 4.49. The summed E-state index contributed by atoms with van der Waals surface area (Å²) < 4.78 is 10.5. The standard InChI is InChI=1S/C16H17NO3/c1-10-4-6-14(19-2)12(8-10)16(18)13-9-11(17)5-7-15(13)20-3/h4-9H,17H2,1-3H3. The van der Waals surface area contributed by atoms with E-state index in [2.05, 4.69) is 0 Å². The Hall–Kier alpha value is -2.49. The number of hydrogen-bond donors (Lipinski definition) is 1. The topological polar surface area (TPSA) is 61.5 Å². The van der Waals surface area contributed by atoms with Crippen LogP contribution in [0.25, 0.3) is 0 Å². The van der Waals surface area contributed by atoms with Gasteiger partial charge in [0.25, 0.3) is 0 Å². The van der Waals surface area contributed by atoms with E-state index < -0.39 is 0 Å². The van der Waals surface area contributed by atoms with Gasteiger partial charge in [-0.25, -0.2) is 0 Å². The maximum Gasteiger partial charge on any atom is 0.200 e. The van der Waals surface area contributed by atoms with Crippen molar-refractivity contribution < 1.29 is 14.3 Å². The number of carbonyl (C=O) groups is 1. The molecule has 0 saturated carbocycles. The van der Waals surface area contributed by atoms with Gasteiger partial charge in [0.15, 0.2) is 0 Å². The van der Waals surface area contributed by atoms with Gasteiger partial charge in [0.2, 0.25) is 5.78 Å². The lowest BCUT2D eigenvalue weighted by Crippen LogP contribution is -2.07. The first-order valence-electron chi connectivity index (χ1n) is 6.19. The quantitative estimate of drug-likeness (QED) is 0.686. The highest BCUT2D eigenvalue weighted by Gasteiger charge is 2.18. The zero-order valence-corrected chi connectivity index (χ0v) is 11.8. The summed E-state index contributed by atoms with van der Waals surface area (Å²) in [6.45, 7) is 1.92. The molecular formula is C16H17NO3. The number of nitrogen functional groups attached to an aromatic ring is 1. The fourth-order valence-electron chi connectivity index (χ4n) is 2.05. The van der Waals surface area contributed by atoms with E-state index in [-0.39, 0.29) is 5.78 Å². The van der Waals surface area contributed by atoms with Crippen LogP contribution >= 0.6 is 0 Å². The van der Waals surface area contributed by atoms with Crippen LogP contribution in [0.3, 0.4) is 0 Å². The minimum Gasteiger partial charge on any atom is -0.496 e. The molecule has 0 atom stereocenters. The van der Waals surface area contributed by atoms with Crippen molar-refractivity contribution in [1.29, 1.82) is 0 Å². The lowest BCUT2D eigenvalue weighted by atomic mass is 9.99. The van der Waals surface area contributed by atoms with Crippen LogP contribution in [0.15, 0.2) is 36.4 Å². The third-order valence-electron chi connectivity index (χ3n) is 3.07. The largest absolute Gasteiger partial charge is 0.496 e. The molecule has 2 N–H and O–H groups in total. The average molecular weight is 271 g/mol. The molecule has 0 aliphatic heterocycles. The van der Waals surface area contributed by atoms with Crippen molar-refractivity contribution in [3.8, 4) is 11.5 Å². The van der Waals surface area contributed by atoms with E-state index >= 15 is 0 Å². The van der Waals surface area contributed by atoms with Gasteiger partial charge in [0.1, 0.15) is 11.5 Å². The first-order chi connectivity index (χ1) is 9.56. The summed E-state index contributed by atoms with van der Waals surface area (Å²) in [6.07, 6.45) is 0. The van der Waals surface area contributed by atoms with E-state index in [9.17, 15) is 4.79 Å². The van der Waals surface area contributed by atoms with E-state index in [0.29, 0.717) is 28.3 Å². The monoisotopic (exact) mass is 271 g/mol. The predicted molar refractivity (Wildman–Crippen MR) is 78.6 cm³/mol. The molecule has 0 unspecified atom stereocenters. The van der Waals surface area contributed by atoms with Gasteiger partial charge < -0.3 is 15.2 Å². The number of ether oxygens (including phenoxy) is 2. The third-order valence-corrected chi connectivity index (χ3v) is 3.07. The van der Waals surface area contributed by atoms with Crippen molar-refractivity contribution in [2.24, 2.45) is 0 Å². The molecule has 0 aliphatic carbocycles. The number of rotatable bonds is 4. The van der Waals surface area contributed by atoms with Gasteiger partial charge >= 0.3 is 0 Å². The molecule has 0 aromatic heterocycles. The third kappa shape index (κ3) is 2.59. The molecule has 4 nitrogen and oxygen atoms in total. The summed E-state index contributed by atoms with van der Waals surface area (Å²) in [7, 11) is 3.06. The number of nitrogens with two attached hydrogens (primary N) is 1. The van der Waals surface area contributed by atoms with Crippen LogP contribution < -0.4 is 15.2 Å². The lowest BCUT2D eigenvalue weighted by Gasteiger charge is -2.12. The fraction of sp³-hybridized carbons (Fsp3) is 0.188. The molecule has 20 heavy (non-hydrogen) atoms. The highest BCUT2D eigenvalue weighted by atomic mass is 16.5. The molecule has 2 aromatic rings. The first kappa shape index (κ1) is 13.9. The molecule has 0 fully saturated rings. The van der Waals surface area contributed by atoms with Gasteiger partial charge in [-0.05, 0) is 37.3 Å². The Morgan fingerprint density at radius 2 is 1.50 bits per heavy atom. The van der Waals surface area contributed by atoms with Crippen LogP contribution in [0.4, 0.5) is 5.69 Å². The number of hydrogen-bond acceptors (Lipinski definition) is 4. The second-order valence-electron chi connectivity index (χ2n) is 4.49. The number of ketones is 1. The van der Waals surface area contributed by atoms with Gasteiger partial charge in [-0.15, -0.1) is 0 Å². The lowest BCUT2D eigenvalue weighted by molar-refractivity contribution is 0.103. The Morgan fingerprint density at radius 3 is 2.10 bits per heavy atom. The fourth-order valence-corrected chi connectivity index (χ4v) is 2.05. The molecule has 2 rings (SSSR count). The van der Waals surface area contributed by atoms with Crippen molar-refractivity contribution in [1.82, 2.24) is 0 Å². The summed E-state index contributed by atoms with van der Waals surface area (Å²) in [5.41, 5.74) is 8.18. The van der Waals surface area contributed by atoms with E-state index in [1.54, 1.807) is 30.3 Å². The van der Waals surface area contributed by atoms with Gasteiger partial charge in [0.05, 0.1) is 25.3 Å². The number of aryl methyl sites for hydroxylation is 1. The molecule has 2 aromatic carbocycles. The molecular weight excluding hydrogens is 254 g/mol. The smallest absolute Gasteiger partial charge is 0.200 e. The molecule has 104 valence electrons. The molecule has 0 spiro atoms. The van der Waals surface area contributed by atoms with Crippen LogP contribution in [0, 0.1) is 6.92 Å². The maximum atomic E-state index is 12.7. The van der Waals surface area contributed by atoms with Crippen LogP contribution in [0.2, 0.25) is 0 Å². The highest BCUT2D eigenvalue weighted by Crippen LogP contribution is 2.28. The SMILES string of the molecule is COc1ccc(C)cc1C(=O)c1cc(N)ccc1OC. The zero-order valence-electron chi connectivity index (χ0n) is 11.8. The van der Waals surface area contributed by atoms with Crippen molar-refractivity contribution in [3.05, 3.63) is 53.1 Å². The maximum absolute atomic E-state index is 12.7. The summed E-state index contributed by atoms with van der Waals surface area (Å²) in [5, 5.41) is 0. The normalized spacial score (nSPS) is 10.2. The van der Waals surface area contributed by atoms with Crippen LogP contribution in [-0.2, 0) is 0 Å². The number of benzene rings is 2.